The van der Waals surface area contributed by atoms with E-state index in [4.69, 9.17) is 21.9 Å². The fraction of sp³-hybridized carbons (Fsp3) is 0.259. The summed E-state index contributed by atoms with van der Waals surface area (Å²) in [5, 5.41) is 10.9. The SMILES string of the molecule is [C-]#[N+]c1ccc(-c2c(-c3ccc(NC)c(C=N)c3)ncc3c2ncn3C[C@H]2CCN(C)C2)cc1F. The molecule has 0 aliphatic carbocycles. The molecule has 176 valence electrons. The summed E-state index contributed by atoms with van der Waals surface area (Å²) in [7, 11) is 3.95. The lowest BCUT2D eigenvalue weighted by atomic mass is 9.96. The minimum Gasteiger partial charge on any atom is -0.388 e. The third kappa shape index (κ3) is 4.15. The molecular weight excluding hydrogens is 441 g/mol. The van der Waals surface area contributed by atoms with Crippen LogP contribution >= 0.6 is 0 Å². The molecular formula is C27H26FN7. The van der Waals surface area contributed by atoms with E-state index in [0.717, 1.165) is 53.9 Å². The highest BCUT2D eigenvalue weighted by atomic mass is 19.1. The van der Waals surface area contributed by atoms with Gasteiger partial charge in [0.2, 0.25) is 5.69 Å². The first-order chi connectivity index (χ1) is 17.0. The second-order valence-corrected chi connectivity index (χ2v) is 9.00. The molecule has 0 saturated carbocycles. The van der Waals surface area contributed by atoms with Crippen molar-refractivity contribution in [2.24, 2.45) is 5.92 Å². The Balaban J connectivity index is 1.70. The molecule has 35 heavy (non-hydrogen) atoms. The highest BCUT2D eigenvalue weighted by Crippen LogP contribution is 2.38. The molecule has 4 aromatic rings. The van der Waals surface area contributed by atoms with Crippen molar-refractivity contribution in [3.05, 3.63) is 71.7 Å². The number of halogens is 1. The molecule has 8 heteroatoms. The summed E-state index contributed by atoms with van der Waals surface area (Å²) in [5.41, 5.74) is 5.97. The molecule has 0 spiro atoms. The van der Waals surface area contributed by atoms with Gasteiger partial charge in [0.25, 0.3) is 0 Å². The summed E-state index contributed by atoms with van der Waals surface area (Å²) in [6.07, 6.45) is 6.11. The predicted molar refractivity (Wildman–Crippen MR) is 138 cm³/mol. The number of rotatable bonds is 6. The molecule has 7 nitrogen and oxygen atoms in total. The van der Waals surface area contributed by atoms with Crippen molar-refractivity contribution >= 4 is 28.6 Å². The van der Waals surface area contributed by atoms with Crippen LogP contribution < -0.4 is 5.32 Å². The van der Waals surface area contributed by atoms with Crippen LogP contribution in [0.15, 0.2) is 48.9 Å². The van der Waals surface area contributed by atoms with Crippen molar-refractivity contribution in [3.8, 4) is 22.4 Å². The summed E-state index contributed by atoms with van der Waals surface area (Å²) in [4.78, 5) is 15.2. The van der Waals surface area contributed by atoms with Crippen molar-refractivity contribution in [2.45, 2.75) is 13.0 Å². The fourth-order valence-corrected chi connectivity index (χ4v) is 4.92. The number of benzene rings is 2. The maximum atomic E-state index is 14.7. The largest absolute Gasteiger partial charge is 0.388 e. The average molecular weight is 468 g/mol. The summed E-state index contributed by atoms with van der Waals surface area (Å²) in [5.74, 6) is -0.0280. The molecule has 2 N–H and O–H groups in total. The van der Waals surface area contributed by atoms with E-state index in [1.807, 2.05) is 37.8 Å². The number of anilines is 1. The van der Waals surface area contributed by atoms with E-state index in [9.17, 15) is 4.39 Å². The van der Waals surface area contributed by atoms with Crippen LogP contribution in [0.2, 0.25) is 0 Å². The number of pyridine rings is 1. The lowest BCUT2D eigenvalue weighted by Crippen LogP contribution is -2.16. The Morgan fingerprint density at radius 3 is 2.74 bits per heavy atom. The van der Waals surface area contributed by atoms with E-state index in [0.29, 0.717) is 22.7 Å². The van der Waals surface area contributed by atoms with Crippen LogP contribution in [0.3, 0.4) is 0 Å². The third-order valence-electron chi connectivity index (χ3n) is 6.72. The Labute approximate surface area is 203 Å². The van der Waals surface area contributed by atoms with Gasteiger partial charge in [0.1, 0.15) is 11.3 Å². The average Bonchev–Trinajstić information content (AvgIpc) is 3.48. The van der Waals surface area contributed by atoms with Crippen LogP contribution in [-0.2, 0) is 6.54 Å². The van der Waals surface area contributed by atoms with E-state index in [1.165, 1.54) is 18.3 Å². The smallest absolute Gasteiger partial charge is 0.222 e. The topological polar surface area (TPSA) is 74.2 Å². The van der Waals surface area contributed by atoms with Gasteiger partial charge >= 0.3 is 0 Å². The number of nitrogens with one attached hydrogen (secondary N) is 2. The molecule has 0 unspecified atom stereocenters. The van der Waals surface area contributed by atoms with Crippen molar-refractivity contribution in [3.63, 3.8) is 0 Å². The predicted octanol–water partition coefficient (Wildman–Crippen LogP) is 5.45. The van der Waals surface area contributed by atoms with E-state index in [-0.39, 0.29) is 5.69 Å². The number of hydrogen-bond acceptors (Lipinski definition) is 5. The van der Waals surface area contributed by atoms with Gasteiger partial charge in [0.15, 0.2) is 0 Å². The molecule has 1 fully saturated rings. The van der Waals surface area contributed by atoms with Crippen LogP contribution in [-0.4, -0.2) is 52.8 Å². The Hall–Kier alpha value is -4.09. The minimum atomic E-state index is -0.570. The summed E-state index contributed by atoms with van der Waals surface area (Å²) >= 11 is 0. The van der Waals surface area contributed by atoms with Gasteiger partial charge in [0, 0.05) is 48.7 Å². The second-order valence-electron chi connectivity index (χ2n) is 9.00. The van der Waals surface area contributed by atoms with Gasteiger partial charge in [-0.3, -0.25) is 4.98 Å². The Morgan fingerprint density at radius 2 is 2.06 bits per heavy atom. The molecule has 5 rings (SSSR count). The quantitative estimate of drug-likeness (QED) is 0.292. The molecule has 1 aliphatic heterocycles. The van der Waals surface area contributed by atoms with Gasteiger partial charge in [-0.15, -0.1) is 0 Å². The van der Waals surface area contributed by atoms with Crippen molar-refractivity contribution in [2.75, 3.05) is 32.5 Å². The first-order valence-corrected chi connectivity index (χ1v) is 11.5. The molecule has 0 radical (unpaired) electrons. The second kappa shape index (κ2) is 9.28. The number of hydrogen-bond donors (Lipinski definition) is 2. The Morgan fingerprint density at radius 1 is 1.23 bits per heavy atom. The molecule has 3 heterocycles. The monoisotopic (exact) mass is 467 g/mol. The summed E-state index contributed by atoms with van der Waals surface area (Å²) in [6, 6.07) is 10.4. The molecule has 2 aromatic heterocycles. The zero-order valence-electron chi connectivity index (χ0n) is 19.7. The van der Waals surface area contributed by atoms with Crippen LogP contribution in [0.1, 0.15) is 12.0 Å². The number of likely N-dealkylation sites (tertiary alicyclic amines) is 1. The highest BCUT2D eigenvalue weighted by Gasteiger charge is 2.23. The van der Waals surface area contributed by atoms with Crippen LogP contribution in [0.5, 0.6) is 0 Å². The molecule has 1 atom stereocenters. The van der Waals surface area contributed by atoms with E-state index < -0.39 is 5.82 Å². The number of nitrogens with zero attached hydrogens (tertiary/aromatic N) is 5. The fourth-order valence-electron chi connectivity index (χ4n) is 4.92. The maximum absolute atomic E-state index is 14.7. The van der Waals surface area contributed by atoms with Crippen molar-refractivity contribution in [1.29, 1.82) is 5.41 Å². The van der Waals surface area contributed by atoms with Gasteiger partial charge < -0.3 is 20.2 Å². The third-order valence-corrected chi connectivity index (χ3v) is 6.72. The zero-order chi connectivity index (χ0) is 24.5. The van der Waals surface area contributed by atoms with Gasteiger partial charge in [0.05, 0.1) is 30.3 Å². The molecule has 0 bridgehead atoms. The normalized spacial score (nSPS) is 15.9. The van der Waals surface area contributed by atoms with Crippen LogP contribution in [0, 0.1) is 23.7 Å². The molecule has 1 aliphatic rings. The van der Waals surface area contributed by atoms with Crippen LogP contribution in [0.25, 0.3) is 38.3 Å². The Bertz CT molecular complexity index is 1470. The van der Waals surface area contributed by atoms with Gasteiger partial charge in [-0.1, -0.05) is 18.2 Å². The first kappa shape index (κ1) is 22.7. The van der Waals surface area contributed by atoms with Crippen molar-refractivity contribution in [1.82, 2.24) is 19.4 Å². The summed E-state index contributed by atoms with van der Waals surface area (Å²) < 4.78 is 16.8. The first-order valence-electron chi connectivity index (χ1n) is 11.5. The number of fused-ring (bicyclic) bond motifs is 1. The van der Waals surface area contributed by atoms with Crippen LogP contribution in [0.4, 0.5) is 15.8 Å². The summed E-state index contributed by atoms with van der Waals surface area (Å²) in [6.45, 7) is 10.2. The van der Waals surface area contributed by atoms with Gasteiger partial charge in [-0.05, 0) is 49.7 Å². The number of imidazole rings is 1. The lowest BCUT2D eigenvalue weighted by molar-refractivity contribution is 0.379. The Kier molecular flexibility index (Phi) is 6.01. The van der Waals surface area contributed by atoms with E-state index >= 15 is 0 Å². The lowest BCUT2D eigenvalue weighted by Gasteiger charge is -2.15. The minimum absolute atomic E-state index is 0.0178. The molecule has 1 saturated heterocycles. The highest BCUT2D eigenvalue weighted by molar-refractivity contribution is 6.00. The van der Waals surface area contributed by atoms with E-state index in [2.05, 4.69) is 26.7 Å². The van der Waals surface area contributed by atoms with Gasteiger partial charge in [-0.25, -0.2) is 14.2 Å². The van der Waals surface area contributed by atoms with E-state index in [1.54, 1.807) is 6.07 Å². The maximum Gasteiger partial charge on any atom is 0.222 e. The molecule has 2 aromatic carbocycles. The van der Waals surface area contributed by atoms with Crippen molar-refractivity contribution < 1.29 is 4.39 Å². The molecule has 0 amide bonds. The number of aromatic nitrogens is 3. The standard InChI is InChI=1S/C27H26FN7/c1-30-22-6-5-19(10-20(22)12-29)26-25(18-4-7-23(31-2)21(28)11-18)27-24(13-32-26)35(16-33-27)15-17-8-9-34(3)14-17/h4-7,10-13,16-17,29-30H,8-9,14-15H2,1,3H3/t17-/m0/s1. The zero-order valence-corrected chi connectivity index (χ0v) is 19.7. The van der Waals surface area contributed by atoms with Gasteiger partial charge in [-0.2, -0.15) is 0 Å².